The highest BCUT2D eigenvalue weighted by molar-refractivity contribution is 5.76. The summed E-state index contributed by atoms with van der Waals surface area (Å²) < 4.78 is 5.04. The molecule has 0 aromatic carbocycles. The molecule has 0 spiro atoms. The van der Waals surface area contributed by atoms with E-state index in [-0.39, 0.29) is 18.9 Å². The lowest BCUT2D eigenvalue weighted by atomic mass is 10.0. The van der Waals surface area contributed by atoms with Gasteiger partial charge >= 0.3 is 0 Å². The van der Waals surface area contributed by atoms with E-state index in [1.165, 1.54) is 0 Å². The third kappa shape index (κ3) is 5.83. The predicted octanol–water partition coefficient (Wildman–Crippen LogP) is 1.23. The van der Waals surface area contributed by atoms with Crippen LogP contribution in [0.25, 0.3) is 0 Å². The molecule has 0 aliphatic heterocycles. The van der Waals surface area contributed by atoms with Crippen LogP contribution in [-0.4, -0.2) is 33.3 Å². The first-order valence-electron chi connectivity index (χ1n) is 6.77. The first-order chi connectivity index (χ1) is 8.96. The molecule has 108 valence electrons. The van der Waals surface area contributed by atoms with Crippen LogP contribution in [0.1, 0.15) is 51.7 Å². The van der Waals surface area contributed by atoms with Crippen LogP contribution in [0.15, 0.2) is 4.52 Å². The topological polar surface area (TPSA) is 88.2 Å². The Labute approximate surface area is 113 Å². The molecule has 6 nitrogen and oxygen atoms in total. The Bertz CT molecular complexity index is 402. The van der Waals surface area contributed by atoms with Gasteiger partial charge in [0.15, 0.2) is 5.82 Å². The normalized spacial score (nSPS) is 14.1. The van der Waals surface area contributed by atoms with Crippen LogP contribution in [0.4, 0.5) is 0 Å². The number of rotatable bonds is 8. The molecule has 1 aromatic heterocycles. The van der Waals surface area contributed by atoms with Gasteiger partial charge in [-0.05, 0) is 19.8 Å². The highest BCUT2D eigenvalue weighted by atomic mass is 16.5. The summed E-state index contributed by atoms with van der Waals surface area (Å²) in [6.45, 7) is 5.87. The average molecular weight is 269 g/mol. The fourth-order valence-corrected chi connectivity index (χ4v) is 1.44. The molecule has 1 rings (SSSR count). The van der Waals surface area contributed by atoms with Crippen molar-refractivity contribution in [3.8, 4) is 0 Å². The molecule has 19 heavy (non-hydrogen) atoms. The van der Waals surface area contributed by atoms with E-state index in [0.29, 0.717) is 24.6 Å². The molecular formula is C13H23N3O3. The molecule has 0 aliphatic carbocycles. The molecule has 2 N–H and O–H groups in total. The van der Waals surface area contributed by atoms with Gasteiger partial charge in [-0.3, -0.25) is 4.79 Å². The minimum atomic E-state index is -0.853. The van der Waals surface area contributed by atoms with Gasteiger partial charge in [0.25, 0.3) is 0 Å². The second-order valence-electron chi connectivity index (χ2n) is 4.98. The molecular weight excluding hydrogens is 246 g/mol. The summed E-state index contributed by atoms with van der Waals surface area (Å²) in [5.41, 5.74) is -0.853. The molecule has 0 radical (unpaired) electrons. The number of aromatic nitrogens is 2. The van der Waals surface area contributed by atoms with E-state index in [1.807, 2.05) is 13.8 Å². The van der Waals surface area contributed by atoms with Crippen molar-refractivity contribution in [2.45, 2.75) is 58.5 Å². The van der Waals surface area contributed by atoms with E-state index in [1.54, 1.807) is 6.92 Å². The quantitative estimate of drug-likeness (QED) is 0.741. The first kappa shape index (κ1) is 15.6. The number of nitrogens with zero attached hydrogens (tertiary/aromatic N) is 2. The summed E-state index contributed by atoms with van der Waals surface area (Å²) in [7, 11) is 0. The van der Waals surface area contributed by atoms with Crippen LogP contribution in [0, 0.1) is 0 Å². The highest BCUT2D eigenvalue weighted by Gasteiger charge is 2.18. The lowest BCUT2D eigenvalue weighted by molar-refractivity contribution is -0.122. The van der Waals surface area contributed by atoms with Gasteiger partial charge in [0.05, 0.1) is 5.60 Å². The van der Waals surface area contributed by atoms with Crippen molar-refractivity contribution in [1.29, 1.82) is 0 Å². The van der Waals surface area contributed by atoms with Gasteiger partial charge in [-0.25, -0.2) is 0 Å². The van der Waals surface area contributed by atoms with Crippen molar-refractivity contribution in [2.24, 2.45) is 0 Å². The minimum absolute atomic E-state index is 0.121. The summed E-state index contributed by atoms with van der Waals surface area (Å²) in [6, 6.07) is 0. The molecule has 6 heteroatoms. The number of aliphatic hydroxyl groups is 1. The Morgan fingerprint density at radius 1 is 1.42 bits per heavy atom. The maximum atomic E-state index is 11.6. The number of amides is 1. The number of aryl methyl sites for hydroxylation is 2. The van der Waals surface area contributed by atoms with E-state index in [2.05, 4.69) is 15.5 Å². The minimum Gasteiger partial charge on any atom is -0.388 e. The Hall–Kier alpha value is -1.43. The van der Waals surface area contributed by atoms with Crippen molar-refractivity contribution < 1.29 is 14.4 Å². The SMILES string of the molecule is CCCc1noc(CCC(=O)NCC(C)(O)CC)n1. The Balaban J connectivity index is 2.29. The number of hydrogen-bond acceptors (Lipinski definition) is 5. The summed E-state index contributed by atoms with van der Waals surface area (Å²) in [6.07, 6.45) is 3.06. The van der Waals surface area contributed by atoms with Crippen molar-refractivity contribution in [3.63, 3.8) is 0 Å². The molecule has 1 aromatic rings. The maximum absolute atomic E-state index is 11.6. The zero-order valence-corrected chi connectivity index (χ0v) is 11.9. The molecule has 0 saturated heterocycles. The van der Waals surface area contributed by atoms with E-state index in [4.69, 9.17) is 4.52 Å². The molecule has 0 fully saturated rings. The third-order valence-electron chi connectivity index (χ3n) is 2.98. The zero-order valence-electron chi connectivity index (χ0n) is 11.9. The molecule has 0 saturated carbocycles. The van der Waals surface area contributed by atoms with Crippen molar-refractivity contribution >= 4 is 5.91 Å². The summed E-state index contributed by atoms with van der Waals surface area (Å²) in [5.74, 6) is 1.05. The van der Waals surface area contributed by atoms with Crippen LogP contribution in [0.2, 0.25) is 0 Å². The highest BCUT2D eigenvalue weighted by Crippen LogP contribution is 2.07. The summed E-state index contributed by atoms with van der Waals surface area (Å²) in [4.78, 5) is 15.8. The Morgan fingerprint density at radius 2 is 2.16 bits per heavy atom. The van der Waals surface area contributed by atoms with Crippen LogP contribution in [-0.2, 0) is 17.6 Å². The van der Waals surface area contributed by atoms with E-state index in [0.717, 1.165) is 12.8 Å². The molecule has 0 bridgehead atoms. The van der Waals surface area contributed by atoms with Crippen LogP contribution >= 0.6 is 0 Å². The standard InChI is InChI=1S/C13H23N3O3/c1-4-6-10-15-12(19-16-10)8-7-11(17)14-9-13(3,18)5-2/h18H,4-9H2,1-3H3,(H,14,17). The Morgan fingerprint density at radius 3 is 2.79 bits per heavy atom. The van der Waals surface area contributed by atoms with Gasteiger partial charge in [0.1, 0.15) is 0 Å². The van der Waals surface area contributed by atoms with E-state index in [9.17, 15) is 9.90 Å². The van der Waals surface area contributed by atoms with Crippen molar-refractivity contribution in [1.82, 2.24) is 15.5 Å². The Kier molecular flexibility index (Phi) is 5.95. The van der Waals surface area contributed by atoms with Crippen LogP contribution < -0.4 is 5.32 Å². The molecule has 1 amide bonds. The summed E-state index contributed by atoms with van der Waals surface area (Å²) >= 11 is 0. The first-order valence-corrected chi connectivity index (χ1v) is 6.77. The molecule has 1 atom stereocenters. The average Bonchev–Trinajstić information content (AvgIpc) is 2.82. The van der Waals surface area contributed by atoms with Gasteiger partial charge in [-0.2, -0.15) is 4.98 Å². The van der Waals surface area contributed by atoms with Crippen molar-refractivity contribution in [3.05, 3.63) is 11.7 Å². The van der Waals surface area contributed by atoms with E-state index < -0.39 is 5.60 Å². The van der Waals surface area contributed by atoms with Gasteiger partial charge in [-0.1, -0.05) is 19.0 Å². The summed E-state index contributed by atoms with van der Waals surface area (Å²) in [5, 5.41) is 16.3. The lowest BCUT2D eigenvalue weighted by Gasteiger charge is -2.21. The third-order valence-corrected chi connectivity index (χ3v) is 2.98. The second-order valence-corrected chi connectivity index (χ2v) is 4.98. The fraction of sp³-hybridized carbons (Fsp3) is 0.769. The smallest absolute Gasteiger partial charge is 0.227 e. The monoisotopic (exact) mass is 269 g/mol. The lowest BCUT2D eigenvalue weighted by Crippen LogP contribution is -2.40. The molecule has 0 aliphatic rings. The van der Waals surface area contributed by atoms with Gasteiger partial charge < -0.3 is 14.9 Å². The number of hydrogen-bond donors (Lipinski definition) is 2. The molecule has 1 unspecified atom stereocenters. The zero-order chi connectivity index (χ0) is 14.3. The van der Waals surface area contributed by atoms with E-state index >= 15 is 0 Å². The van der Waals surface area contributed by atoms with Gasteiger partial charge in [0.2, 0.25) is 11.8 Å². The number of carbonyl (C=O) groups excluding carboxylic acids is 1. The largest absolute Gasteiger partial charge is 0.388 e. The number of nitrogens with one attached hydrogen (secondary N) is 1. The van der Waals surface area contributed by atoms with Crippen LogP contribution in [0.5, 0.6) is 0 Å². The predicted molar refractivity (Wildman–Crippen MR) is 70.5 cm³/mol. The molecule has 1 heterocycles. The second kappa shape index (κ2) is 7.23. The van der Waals surface area contributed by atoms with Crippen molar-refractivity contribution in [2.75, 3.05) is 6.54 Å². The van der Waals surface area contributed by atoms with Crippen LogP contribution in [0.3, 0.4) is 0 Å². The van der Waals surface area contributed by atoms with Gasteiger partial charge in [-0.15, -0.1) is 0 Å². The van der Waals surface area contributed by atoms with Gasteiger partial charge in [0, 0.05) is 25.8 Å². The fourth-order valence-electron chi connectivity index (χ4n) is 1.44. The number of carbonyl (C=O) groups is 1. The maximum Gasteiger partial charge on any atom is 0.227 e.